The zero-order valence-corrected chi connectivity index (χ0v) is 14.4. The van der Waals surface area contributed by atoms with Crippen molar-refractivity contribution in [2.75, 3.05) is 0 Å². The number of ether oxygens (including phenoxy) is 1. The summed E-state index contributed by atoms with van der Waals surface area (Å²) < 4.78 is 6.74. The molecular formula is C20H20N2O3. The molecule has 2 heterocycles. The highest BCUT2D eigenvalue weighted by Crippen LogP contribution is 2.08. The highest BCUT2D eigenvalue weighted by atomic mass is 16.5. The first kappa shape index (κ1) is 16.9. The number of hydrogen-bond acceptors (Lipinski definition) is 4. The summed E-state index contributed by atoms with van der Waals surface area (Å²) in [4.78, 5) is 28.4. The molecule has 128 valence electrons. The maximum absolute atomic E-state index is 12.1. The molecule has 1 aromatic carbocycles. The highest BCUT2D eigenvalue weighted by Gasteiger charge is 2.07. The summed E-state index contributed by atoms with van der Waals surface area (Å²) in [5.74, 6) is -0.299. The van der Waals surface area contributed by atoms with Crippen molar-refractivity contribution in [2.45, 2.75) is 33.3 Å². The van der Waals surface area contributed by atoms with Crippen LogP contribution in [-0.4, -0.2) is 15.4 Å². The molecule has 5 heteroatoms. The van der Waals surface area contributed by atoms with Gasteiger partial charge in [0.05, 0.1) is 5.69 Å². The van der Waals surface area contributed by atoms with Gasteiger partial charge in [0.2, 0.25) is 0 Å². The Bertz CT molecular complexity index is 976. The lowest BCUT2D eigenvalue weighted by Crippen LogP contribution is -2.17. The van der Waals surface area contributed by atoms with Crippen LogP contribution in [0.1, 0.15) is 28.8 Å². The number of aromatic nitrogens is 2. The number of pyridine rings is 1. The number of carbonyl (C=O) groups excluding carboxylic acids is 1. The Balaban J connectivity index is 1.61. The third-order valence-electron chi connectivity index (χ3n) is 3.94. The molecule has 0 saturated carbocycles. The van der Waals surface area contributed by atoms with Crippen molar-refractivity contribution in [3.05, 3.63) is 81.4 Å². The van der Waals surface area contributed by atoms with Gasteiger partial charge < -0.3 is 4.74 Å². The first-order chi connectivity index (χ1) is 12.0. The highest BCUT2D eigenvalue weighted by molar-refractivity contribution is 5.69. The molecule has 0 spiro atoms. The van der Waals surface area contributed by atoms with Gasteiger partial charge in [-0.25, -0.2) is 4.98 Å². The molecule has 0 aliphatic rings. The summed E-state index contributed by atoms with van der Waals surface area (Å²) >= 11 is 0. The molecule has 0 unspecified atom stereocenters. The van der Waals surface area contributed by atoms with Crippen LogP contribution in [0.3, 0.4) is 0 Å². The van der Waals surface area contributed by atoms with Gasteiger partial charge in [-0.05, 0) is 37.5 Å². The van der Waals surface area contributed by atoms with E-state index in [2.05, 4.69) is 11.1 Å². The predicted molar refractivity (Wildman–Crippen MR) is 95.5 cm³/mol. The van der Waals surface area contributed by atoms with Crippen molar-refractivity contribution in [2.24, 2.45) is 0 Å². The van der Waals surface area contributed by atoms with Crippen LogP contribution in [0.4, 0.5) is 0 Å². The van der Waals surface area contributed by atoms with Gasteiger partial charge in [-0.3, -0.25) is 14.0 Å². The summed E-state index contributed by atoms with van der Waals surface area (Å²) in [6.45, 7) is 3.94. The Morgan fingerprint density at radius 3 is 2.76 bits per heavy atom. The zero-order chi connectivity index (χ0) is 17.8. The van der Waals surface area contributed by atoms with Crippen LogP contribution in [0.2, 0.25) is 0 Å². The van der Waals surface area contributed by atoms with Gasteiger partial charge in [0.1, 0.15) is 12.3 Å². The topological polar surface area (TPSA) is 60.7 Å². The van der Waals surface area contributed by atoms with Gasteiger partial charge in [0.15, 0.2) is 0 Å². The van der Waals surface area contributed by atoms with Crippen molar-refractivity contribution in [3.63, 3.8) is 0 Å². The summed E-state index contributed by atoms with van der Waals surface area (Å²) in [7, 11) is 0. The van der Waals surface area contributed by atoms with Crippen LogP contribution in [-0.2, 0) is 22.6 Å². The van der Waals surface area contributed by atoms with Gasteiger partial charge in [-0.1, -0.05) is 35.9 Å². The maximum Gasteiger partial charge on any atom is 0.306 e. The SMILES string of the molecule is Cc1cccc(CCC(=O)OCc2cc(=O)n3cc(C)ccc3n2)c1. The summed E-state index contributed by atoms with van der Waals surface area (Å²) in [5, 5.41) is 0. The average molecular weight is 336 g/mol. The van der Waals surface area contributed by atoms with Crippen LogP contribution < -0.4 is 5.56 Å². The number of esters is 1. The van der Waals surface area contributed by atoms with E-state index in [0.29, 0.717) is 24.2 Å². The second-order valence-corrected chi connectivity index (χ2v) is 6.17. The first-order valence-corrected chi connectivity index (χ1v) is 8.21. The van der Waals surface area contributed by atoms with Crippen molar-refractivity contribution in [1.29, 1.82) is 0 Å². The third-order valence-corrected chi connectivity index (χ3v) is 3.94. The predicted octanol–water partition coefficient (Wildman–Crippen LogP) is 2.99. The number of hydrogen-bond donors (Lipinski definition) is 0. The standard InChI is InChI=1S/C20H20N2O3/c1-14-4-3-5-16(10-14)7-9-20(24)25-13-17-11-19(23)22-12-15(2)6-8-18(22)21-17/h3-6,8,10-12H,7,9,13H2,1-2H3. The second-order valence-electron chi connectivity index (χ2n) is 6.17. The molecule has 0 N–H and O–H groups in total. The second kappa shape index (κ2) is 7.30. The lowest BCUT2D eigenvalue weighted by molar-refractivity contribution is -0.145. The fourth-order valence-corrected chi connectivity index (χ4v) is 2.67. The minimum absolute atomic E-state index is 0.00622. The molecule has 5 nitrogen and oxygen atoms in total. The van der Waals surface area contributed by atoms with Crippen molar-refractivity contribution in [1.82, 2.24) is 9.38 Å². The number of carbonyl (C=O) groups is 1. The lowest BCUT2D eigenvalue weighted by Gasteiger charge is -2.07. The van der Waals surface area contributed by atoms with E-state index in [1.54, 1.807) is 12.3 Å². The van der Waals surface area contributed by atoms with E-state index in [0.717, 1.165) is 11.1 Å². The van der Waals surface area contributed by atoms with Crippen LogP contribution in [0.5, 0.6) is 0 Å². The minimum Gasteiger partial charge on any atom is -0.459 e. The molecule has 0 aliphatic carbocycles. The molecular weight excluding hydrogens is 316 g/mol. The summed E-state index contributed by atoms with van der Waals surface area (Å²) in [6.07, 6.45) is 2.67. The van der Waals surface area contributed by atoms with Gasteiger partial charge >= 0.3 is 5.97 Å². The Labute approximate surface area is 145 Å². The van der Waals surface area contributed by atoms with E-state index >= 15 is 0 Å². The Kier molecular flexibility index (Phi) is 4.93. The number of fused-ring (bicyclic) bond motifs is 1. The third kappa shape index (κ3) is 4.32. The molecule has 0 fully saturated rings. The Morgan fingerprint density at radius 2 is 1.96 bits per heavy atom. The molecule has 0 saturated heterocycles. The zero-order valence-electron chi connectivity index (χ0n) is 14.4. The van der Waals surface area contributed by atoms with Gasteiger partial charge in [0, 0.05) is 18.7 Å². The first-order valence-electron chi connectivity index (χ1n) is 8.21. The number of nitrogens with zero attached hydrogens (tertiary/aromatic N) is 2. The molecule has 3 aromatic rings. The molecule has 3 rings (SSSR count). The van der Waals surface area contributed by atoms with E-state index in [9.17, 15) is 9.59 Å². The molecule has 0 atom stereocenters. The molecule has 0 bridgehead atoms. The average Bonchev–Trinajstić information content (AvgIpc) is 2.59. The van der Waals surface area contributed by atoms with Crippen molar-refractivity contribution < 1.29 is 9.53 Å². The monoisotopic (exact) mass is 336 g/mol. The van der Waals surface area contributed by atoms with Gasteiger partial charge in [-0.2, -0.15) is 0 Å². The number of benzene rings is 1. The molecule has 2 aromatic heterocycles. The van der Waals surface area contributed by atoms with Gasteiger partial charge in [0.25, 0.3) is 5.56 Å². The quantitative estimate of drug-likeness (QED) is 0.672. The normalized spacial score (nSPS) is 10.8. The van der Waals surface area contributed by atoms with Crippen LogP contribution >= 0.6 is 0 Å². The van der Waals surface area contributed by atoms with E-state index in [-0.39, 0.29) is 18.1 Å². The number of aryl methyl sites for hydroxylation is 3. The molecule has 0 amide bonds. The van der Waals surface area contributed by atoms with Gasteiger partial charge in [-0.15, -0.1) is 0 Å². The Hall–Kier alpha value is -2.95. The Morgan fingerprint density at radius 1 is 1.12 bits per heavy atom. The van der Waals surface area contributed by atoms with E-state index in [1.807, 2.05) is 38.1 Å². The van der Waals surface area contributed by atoms with Crippen molar-refractivity contribution >= 4 is 11.6 Å². The number of rotatable bonds is 5. The smallest absolute Gasteiger partial charge is 0.306 e. The van der Waals surface area contributed by atoms with E-state index in [4.69, 9.17) is 4.74 Å². The molecule has 25 heavy (non-hydrogen) atoms. The van der Waals surface area contributed by atoms with Crippen LogP contribution in [0, 0.1) is 13.8 Å². The lowest BCUT2D eigenvalue weighted by atomic mass is 10.1. The maximum atomic E-state index is 12.1. The van der Waals surface area contributed by atoms with Crippen LogP contribution in [0.25, 0.3) is 5.65 Å². The van der Waals surface area contributed by atoms with Crippen LogP contribution in [0.15, 0.2) is 53.5 Å². The summed E-state index contributed by atoms with van der Waals surface area (Å²) in [6, 6.07) is 13.1. The summed E-state index contributed by atoms with van der Waals surface area (Å²) in [5.41, 5.74) is 4.07. The molecule has 0 aliphatic heterocycles. The minimum atomic E-state index is -0.299. The fourth-order valence-electron chi connectivity index (χ4n) is 2.67. The molecule has 0 radical (unpaired) electrons. The largest absolute Gasteiger partial charge is 0.459 e. The van der Waals surface area contributed by atoms with E-state index < -0.39 is 0 Å². The van der Waals surface area contributed by atoms with E-state index in [1.165, 1.54) is 16.0 Å². The fraction of sp³-hybridized carbons (Fsp3) is 0.250. The van der Waals surface area contributed by atoms with Crippen molar-refractivity contribution in [3.8, 4) is 0 Å².